The minimum atomic E-state index is -4.06. The van der Waals surface area contributed by atoms with Crippen LogP contribution in [-0.2, 0) is 14.9 Å². The van der Waals surface area contributed by atoms with Crippen LogP contribution in [0, 0.1) is 0 Å². The first-order valence-electron chi connectivity index (χ1n) is 4.92. The third-order valence-electron chi connectivity index (χ3n) is 1.78. The van der Waals surface area contributed by atoms with E-state index in [1.165, 1.54) is 0 Å². The fourth-order valence-electron chi connectivity index (χ4n) is 1.27. The van der Waals surface area contributed by atoms with Gasteiger partial charge >= 0.3 is 0 Å². The zero-order valence-corrected chi connectivity index (χ0v) is 10.2. The number of carbonyl (C=O) groups excluding carboxylic acids is 1. The molecule has 2 N–H and O–H groups in total. The van der Waals surface area contributed by atoms with Gasteiger partial charge in [0, 0.05) is 6.42 Å². The van der Waals surface area contributed by atoms with Gasteiger partial charge in [0.1, 0.15) is 0 Å². The number of rotatable bonds is 6. The highest BCUT2D eigenvalue weighted by Crippen LogP contribution is 2.07. The molecule has 0 unspecified atom stereocenters. The Labute approximate surface area is 91.0 Å². The Bertz CT molecular complexity index is 308. The lowest BCUT2D eigenvalue weighted by Gasteiger charge is -2.24. The molecule has 0 heterocycles. The van der Waals surface area contributed by atoms with Crippen LogP contribution in [0.1, 0.15) is 40.0 Å². The summed E-state index contributed by atoms with van der Waals surface area (Å²) in [6.45, 7) is 5.09. The second-order valence-electron chi connectivity index (χ2n) is 4.26. The molecule has 0 aromatic heterocycles. The summed E-state index contributed by atoms with van der Waals surface area (Å²) in [5, 5.41) is 2.57. The summed E-state index contributed by atoms with van der Waals surface area (Å²) >= 11 is 0. The number of hydrogen-bond acceptors (Lipinski definition) is 3. The molecule has 0 aliphatic rings. The van der Waals surface area contributed by atoms with Crippen molar-refractivity contribution in [2.75, 3.05) is 5.75 Å². The molecule has 90 valence electrons. The third kappa shape index (κ3) is 8.38. The smallest absolute Gasteiger partial charge is 0.267 e. The lowest BCUT2D eigenvalue weighted by Crippen LogP contribution is -2.48. The summed E-state index contributed by atoms with van der Waals surface area (Å²) in [5.41, 5.74) is -0.932. The lowest BCUT2D eigenvalue weighted by atomic mass is 10.1. The van der Waals surface area contributed by atoms with Gasteiger partial charge in [-0.1, -0.05) is 13.3 Å². The van der Waals surface area contributed by atoms with Crippen molar-refractivity contribution >= 4 is 16.0 Å². The molecular weight excluding hydrogens is 218 g/mol. The molecule has 6 heteroatoms. The number of unbranched alkanes of at least 4 members (excludes halogenated alkanes) is 1. The molecule has 0 atom stereocenters. The molecule has 0 spiro atoms. The Morgan fingerprint density at radius 2 is 1.93 bits per heavy atom. The molecule has 0 rings (SSSR count). The topological polar surface area (TPSA) is 83.5 Å². The van der Waals surface area contributed by atoms with Crippen molar-refractivity contribution in [1.29, 1.82) is 0 Å². The summed E-state index contributed by atoms with van der Waals surface area (Å²) in [6.07, 6.45) is 2.06. The quantitative estimate of drug-likeness (QED) is 0.674. The molecule has 0 aromatic rings. The van der Waals surface area contributed by atoms with E-state index in [0.29, 0.717) is 6.42 Å². The number of nitrogens with one attached hydrogen (secondary N) is 1. The maximum Gasteiger partial charge on any atom is 0.267 e. The predicted molar refractivity (Wildman–Crippen MR) is 58.2 cm³/mol. The van der Waals surface area contributed by atoms with Gasteiger partial charge in [-0.2, -0.15) is 8.42 Å². The normalized spacial score (nSPS) is 12.5. The maximum absolute atomic E-state index is 11.3. The van der Waals surface area contributed by atoms with Crippen molar-refractivity contribution in [1.82, 2.24) is 5.32 Å². The highest BCUT2D eigenvalue weighted by atomic mass is 32.2. The average molecular weight is 237 g/mol. The van der Waals surface area contributed by atoms with Crippen molar-refractivity contribution < 1.29 is 17.8 Å². The van der Waals surface area contributed by atoms with E-state index < -0.39 is 21.4 Å². The zero-order valence-electron chi connectivity index (χ0n) is 9.41. The SMILES string of the molecule is CCCCC(=O)NC(C)(C)CS(=O)(=O)O. The fraction of sp³-hybridized carbons (Fsp3) is 0.889. The van der Waals surface area contributed by atoms with Crippen molar-refractivity contribution in [2.45, 2.75) is 45.6 Å². The van der Waals surface area contributed by atoms with Gasteiger partial charge in [0.2, 0.25) is 5.91 Å². The molecule has 0 saturated heterocycles. The van der Waals surface area contributed by atoms with Crippen LogP contribution in [0.15, 0.2) is 0 Å². The molecule has 0 aliphatic carbocycles. The van der Waals surface area contributed by atoms with Crippen LogP contribution in [-0.4, -0.2) is 30.2 Å². The van der Waals surface area contributed by atoms with Gasteiger partial charge in [-0.15, -0.1) is 0 Å². The van der Waals surface area contributed by atoms with Crippen molar-refractivity contribution in [3.05, 3.63) is 0 Å². The van der Waals surface area contributed by atoms with Gasteiger partial charge in [-0.25, -0.2) is 0 Å². The van der Waals surface area contributed by atoms with Crippen LogP contribution in [0.4, 0.5) is 0 Å². The Balaban J connectivity index is 4.19. The van der Waals surface area contributed by atoms with E-state index in [-0.39, 0.29) is 5.91 Å². The fourth-order valence-corrected chi connectivity index (χ4v) is 2.25. The Hall–Kier alpha value is -0.620. The molecular formula is C9H19NO4S. The maximum atomic E-state index is 11.3. The lowest BCUT2D eigenvalue weighted by molar-refractivity contribution is -0.122. The number of hydrogen-bond donors (Lipinski definition) is 2. The van der Waals surface area contributed by atoms with Crippen LogP contribution < -0.4 is 5.32 Å². The standard InChI is InChI=1S/C9H19NO4S/c1-4-5-6-8(11)10-9(2,3)7-15(12,13)14/h4-7H2,1-3H3,(H,10,11)(H,12,13,14). The number of carbonyl (C=O) groups is 1. The Morgan fingerprint density at radius 1 is 1.40 bits per heavy atom. The second kappa shape index (κ2) is 5.46. The molecule has 1 amide bonds. The third-order valence-corrected chi connectivity index (χ3v) is 2.86. The zero-order chi connectivity index (χ0) is 12.1. The summed E-state index contributed by atoms with van der Waals surface area (Å²) in [7, 11) is -4.06. The molecule has 0 fully saturated rings. The molecule has 0 radical (unpaired) electrons. The van der Waals surface area contributed by atoms with Crippen LogP contribution in [0.25, 0.3) is 0 Å². The van der Waals surface area contributed by atoms with Gasteiger partial charge in [-0.05, 0) is 20.3 Å². The van der Waals surface area contributed by atoms with E-state index in [2.05, 4.69) is 5.32 Å². The van der Waals surface area contributed by atoms with Crippen LogP contribution >= 0.6 is 0 Å². The monoisotopic (exact) mass is 237 g/mol. The van der Waals surface area contributed by atoms with E-state index in [1.807, 2.05) is 6.92 Å². The van der Waals surface area contributed by atoms with Gasteiger partial charge in [0.15, 0.2) is 0 Å². The first-order chi connectivity index (χ1) is 6.66. The minimum absolute atomic E-state index is 0.189. The van der Waals surface area contributed by atoms with E-state index in [0.717, 1.165) is 12.8 Å². The van der Waals surface area contributed by atoms with Crippen LogP contribution in [0.5, 0.6) is 0 Å². The van der Waals surface area contributed by atoms with Crippen LogP contribution in [0.3, 0.4) is 0 Å². The second-order valence-corrected chi connectivity index (χ2v) is 5.71. The number of amides is 1. The summed E-state index contributed by atoms with van der Waals surface area (Å²) in [5.74, 6) is -0.664. The first-order valence-corrected chi connectivity index (χ1v) is 6.53. The highest BCUT2D eigenvalue weighted by Gasteiger charge is 2.26. The van der Waals surface area contributed by atoms with E-state index in [9.17, 15) is 13.2 Å². The average Bonchev–Trinajstić information content (AvgIpc) is 1.94. The highest BCUT2D eigenvalue weighted by molar-refractivity contribution is 7.85. The van der Waals surface area contributed by atoms with Gasteiger partial charge < -0.3 is 5.32 Å². The van der Waals surface area contributed by atoms with Gasteiger partial charge in [0.25, 0.3) is 10.1 Å². The molecule has 0 aromatic carbocycles. The van der Waals surface area contributed by atoms with Crippen molar-refractivity contribution in [3.8, 4) is 0 Å². The Kier molecular flexibility index (Phi) is 5.23. The molecule has 0 saturated carbocycles. The van der Waals surface area contributed by atoms with Gasteiger partial charge in [0.05, 0.1) is 11.3 Å². The van der Waals surface area contributed by atoms with E-state index >= 15 is 0 Å². The van der Waals surface area contributed by atoms with Gasteiger partial charge in [-0.3, -0.25) is 9.35 Å². The van der Waals surface area contributed by atoms with E-state index in [1.54, 1.807) is 13.8 Å². The molecule has 0 bridgehead atoms. The summed E-state index contributed by atoms with van der Waals surface area (Å²) in [6, 6.07) is 0. The minimum Gasteiger partial charge on any atom is -0.350 e. The van der Waals surface area contributed by atoms with Crippen LogP contribution in [0.2, 0.25) is 0 Å². The largest absolute Gasteiger partial charge is 0.350 e. The van der Waals surface area contributed by atoms with Crippen molar-refractivity contribution in [2.24, 2.45) is 0 Å². The molecule has 5 nitrogen and oxygen atoms in total. The first kappa shape index (κ1) is 14.4. The van der Waals surface area contributed by atoms with E-state index in [4.69, 9.17) is 4.55 Å². The predicted octanol–water partition coefficient (Wildman–Crippen LogP) is 0.959. The summed E-state index contributed by atoms with van der Waals surface area (Å²) < 4.78 is 30.0. The molecule has 15 heavy (non-hydrogen) atoms. The molecule has 0 aliphatic heterocycles. The van der Waals surface area contributed by atoms with Crippen molar-refractivity contribution in [3.63, 3.8) is 0 Å². The Morgan fingerprint density at radius 3 is 2.33 bits per heavy atom. The summed E-state index contributed by atoms with van der Waals surface area (Å²) in [4.78, 5) is 11.3.